The van der Waals surface area contributed by atoms with Crippen LogP contribution >= 0.6 is 0 Å². The van der Waals surface area contributed by atoms with Crippen molar-refractivity contribution in [1.82, 2.24) is 9.88 Å². The number of aromatic nitrogens is 1. The summed E-state index contributed by atoms with van der Waals surface area (Å²) in [6.07, 6.45) is 6.99. The van der Waals surface area contributed by atoms with Crippen molar-refractivity contribution < 1.29 is 19.1 Å². The third-order valence-corrected chi connectivity index (χ3v) is 6.86. The number of fused-ring (bicyclic) bond motifs is 1. The van der Waals surface area contributed by atoms with Gasteiger partial charge in [-0.05, 0) is 42.2 Å². The highest BCUT2D eigenvalue weighted by Gasteiger charge is 2.67. The summed E-state index contributed by atoms with van der Waals surface area (Å²) in [5.41, 5.74) is 0.577. The van der Waals surface area contributed by atoms with Gasteiger partial charge in [0.15, 0.2) is 5.75 Å². The van der Waals surface area contributed by atoms with Gasteiger partial charge in [0.05, 0.1) is 11.8 Å². The smallest absolute Gasteiger partial charge is 0.331 e. The van der Waals surface area contributed by atoms with E-state index in [0.717, 1.165) is 16.7 Å². The third-order valence-electron chi connectivity index (χ3n) is 6.86. The van der Waals surface area contributed by atoms with E-state index in [9.17, 15) is 14.4 Å². The summed E-state index contributed by atoms with van der Waals surface area (Å²) in [5, 5.41) is 0.856. The largest absolute Gasteiger partial charge is 0.423 e. The Bertz CT molecular complexity index is 1040. The molecule has 1 aromatic carbocycles. The standard InChI is InChI=1S/C22H18N2O4/c25-17(28-16-5-1-3-11-4-2-8-23-20(11)16)10-24-21(26)18-12-6-7-13(15-9-14(12)15)19(18)22(24)27/h1-8,12-15,18-19H,9-10H2/t12-,13-,14-,15-,18+,19+/m1/s1. The van der Waals surface area contributed by atoms with Crippen LogP contribution in [0, 0.1) is 35.5 Å². The van der Waals surface area contributed by atoms with E-state index in [1.54, 1.807) is 18.3 Å². The summed E-state index contributed by atoms with van der Waals surface area (Å²) in [6, 6.07) is 9.02. The number of carbonyl (C=O) groups excluding carboxylic acids is 3. The van der Waals surface area contributed by atoms with Crippen LogP contribution in [0.2, 0.25) is 0 Å². The Balaban J connectivity index is 1.23. The molecular formula is C22H18N2O4. The van der Waals surface area contributed by atoms with Gasteiger partial charge >= 0.3 is 5.97 Å². The molecule has 2 amide bonds. The SMILES string of the molecule is O=C(CN1C(=O)[C@H]2[C@@H]3C=C[C@H]([C@H]4C[C@H]34)[C@@H]2C1=O)Oc1cccc2cccnc12. The summed E-state index contributed by atoms with van der Waals surface area (Å²) >= 11 is 0. The van der Waals surface area contributed by atoms with Gasteiger partial charge in [-0.2, -0.15) is 0 Å². The van der Waals surface area contributed by atoms with Crippen LogP contribution < -0.4 is 4.74 Å². The van der Waals surface area contributed by atoms with Gasteiger partial charge in [-0.1, -0.05) is 30.4 Å². The van der Waals surface area contributed by atoms with Crippen LogP contribution in [0.1, 0.15) is 6.42 Å². The van der Waals surface area contributed by atoms with Crippen LogP contribution in [0.25, 0.3) is 10.9 Å². The minimum absolute atomic E-state index is 0.153. The van der Waals surface area contributed by atoms with Crippen molar-refractivity contribution in [1.29, 1.82) is 0 Å². The normalized spacial score (nSPS) is 34.5. The Hall–Kier alpha value is -3.02. The van der Waals surface area contributed by atoms with Crippen LogP contribution in [0.15, 0.2) is 48.7 Å². The molecule has 2 saturated carbocycles. The molecule has 6 atom stereocenters. The zero-order valence-electron chi connectivity index (χ0n) is 15.0. The number of imide groups is 1. The average molecular weight is 374 g/mol. The van der Waals surface area contributed by atoms with Crippen molar-refractivity contribution >= 4 is 28.7 Å². The quantitative estimate of drug-likeness (QED) is 0.356. The lowest BCUT2D eigenvalue weighted by molar-refractivity contribution is -0.148. The van der Waals surface area contributed by atoms with Crippen molar-refractivity contribution in [2.45, 2.75) is 6.42 Å². The summed E-state index contributed by atoms with van der Waals surface area (Å²) in [5.74, 6) is 0.0892. The van der Waals surface area contributed by atoms with E-state index in [4.69, 9.17) is 4.74 Å². The zero-order valence-corrected chi connectivity index (χ0v) is 15.0. The van der Waals surface area contributed by atoms with E-state index in [0.29, 0.717) is 23.1 Å². The van der Waals surface area contributed by atoms with Crippen LogP contribution in [-0.2, 0) is 14.4 Å². The molecule has 0 spiro atoms. The number of allylic oxidation sites excluding steroid dienone is 2. The van der Waals surface area contributed by atoms with Gasteiger partial charge in [0.25, 0.3) is 0 Å². The fourth-order valence-corrected chi connectivity index (χ4v) is 5.62. The maximum Gasteiger partial charge on any atom is 0.331 e. The Labute approximate surface area is 161 Å². The Morgan fingerprint density at radius 2 is 1.71 bits per heavy atom. The lowest BCUT2D eigenvalue weighted by atomic mass is 9.63. The second-order valence-corrected chi connectivity index (χ2v) is 8.22. The fourth-order valence-electron chi connectivity index (χ4n) is 5.62. The van der Waals surface area contributed by atoms with Crippen LogP contribution in [0.4, 0.5) is 0 Å². The van der Waals surface area contributed by atoms with E-state index in [-0.39, 0.29) is 42.0 Å². The van der Waals surface area contributed by atoms with Gasteiger partial charge in [-0.25, -0.2) is 4.79 Å². The number of carbonyl (C=O) groups is 3. The number of pyridine rings is 1. The predicted molar refractivity (Wildman–Crippen MR) is 98.8 cm³/mol. The predicted octanol–water partition coefficient (Wildman–Crippen LogP) is 2.19. The molecule has 0 unspecified atom stereocenters. The lowest BCUT2D eigenvalue weighted by Gasteiger charge is -2.37. The van der Waals surface area contributed by atoms with Crippen LogP contribution in [0.3, 0.4) is 0 Å². The minimum atomic E-state index is -0.621. The first-order chi connectivity index (χ1) is 13.6. The molecule has 3 fully saturated rings. The molecule has 6 heteroatoms. The minimum Gasteiger partial charge on any atom is -0.423 e. The number of rotatable bonds is 3. The number of benzene rings is 1. The number of para-hydroxylation sites is 1. The highest BCUT2D eigenvalue weighted by molar-refractivity contribution is 6.08. The van der Waals surface area contributed by atoms with Crippen molar-refractivity contribution in [3.63, 3.8) is 0 Å². The number of ether oxygens (including phenoxy) is 1. The zero-order chi connectivity index (χ0) is 19.0. The molecule has 4 aliphatic carbocycles. The Morgan fingerprint density at radius 1 is 1.04 bits per heavy atom. The highest BCUT2D eigenvalue weighted by Crippen LogP contribution is 2.65. The van der Waals surface area contributed by atoms with Gasteiger partial charge in [0, 0.05) is 11.6 Å². The van der Waals surface area contributed by atoms with E-state index in [1.165, 1.54) is 0 Å². The monoisotopic (exact) mass is 374 g/mol. The third kappa shape index (κ3) is 2.08. The average Bonchev–Trinajstić information content (AvgIpc) is 3.49. The molecular weight excluding hydrogens is 356 g/mol. The summed E-state index contributed by atoms with van der Waals surface area (Å²) in [7, 11) is 0. The Kier molecular flexibility index (Phi) is 3.14. The molecule has 1 aliphatic heterocycles. The number of amides is 2. The molecule has 0 radical (unpaired) electrons. The first-order valence-corrected chi connectivity index (χ1v) is 9.71. The van der Waals surface area contributed by atoms with Crippen molar-refractivity contribution in [2.24, 2.45) is 35.5 Å². The molecule has 1 aromatic heterocycles. The molecule has 1 saturated heterocycles. The van der Waals surface area contributed by atoms with Gasteiger partial charge in [-0.15, -0.1) is 0 Å². The lowest BCUT2D eigenvalue weighted by Crippen LogP contribution is -2.40. The van der Waals surface area contributed by atoms with Gasteiger partial charge in [-0.3, -0.25) is 19.5 Å². The first kappa shape index (κ1) is 16.0. The van der Waals surface area contributed by atoms with E-state index >= 15 is 0 Å². The van der Waals surface area contributed by atoms with Crippen LogP contribution in [-0.4, -0.2) is 34.2 Å². The van der Waals surface area contributed by atoms with Crippen molar-refractivity contribution in [2.75, 3.05) is 6.54 Å². The van der Waals surface area contributed by atoms with E-state index < -0.39 is 5.97 Å². The molecule has 2 bridgehead atoms. The number of hydrogen-bond acceptors (Lipinski definition) is 5. The fraction of sp³-hybridized carbons (Fsp3) is 0.364. The molecule has 5 aliphatic rings. The molecule has 2 aromatic rings. The topological polar surface area (TPSA) is 76.6 Å². The van der Waals surface area contributed by atoms with Gasteiger partial charge in [0.2, 0.25) is 11.8 Å². The van der Waals surface area contributed by atoms with Crippen molar-refractivity contribution in [3.8, 4) is 5.75 Å². The molecule has 7 rings (SSSR count). The Morgan fingerprint density at radius 3 is 2.43 bits per heavy atom. The summed E-state index contributed by atoms with van der Waals surface area (Å²) in [6.45, 7) is -0.345. The molecule has 0 N–H and O–H groups in total. The number of hydrogen-bond donors (Lipinski definition) is 0. The number of likely N-dealkylation sites (tertiary alicyclic amines) is 1. The molecule has 2 heterocycles. The number of esters is 1. The second kappa shape index (κ2) is 5.50. The first-order valence-electron chi connectivity index (χ1n) is 9.71. The second-order valence-electron chi connectivity index (χ2n) is 8.22. The van der Waals surface area contributed by atoms with E-state index in [1.807, 2.05) is 18.2 Å². The maximum atomic E-state index is 13.0. The maximum absolute atomic E-state index is 13.0. The molecule has 6 nitrogen and oxygen atoms in total. The van der Waals surface area contributed by atoms with Crippen LogP contribution in [0.5, 0.6) is 5.75 Å². The molecule has 28 heavy (non-hydrogen) atoms. The summed E-state index contributed by atoms with van der Waals surface area (Å²) < 4.78 is 5.48. The van der Waals surface area contributed by atoms with Gasteiger partial charge < -0.3 is 4.74 Å². The highest BCUT2D eigenvalue weighted by atomic mass is 16.5. The molecule has 140 valence electrons. The summed E-state index contributed by atoms with van der Waals surface area (Å²) in [4.78, 5) is 43.8. The van der Waals surface area contributed by atoms with Gasteiger partial charge in [0.1, 0.15) is 12.1 Å². The van der Waals surface area contributed by atoms with E-state index in [2.05, 4.69) is 17.1 Å². The number of nitrogens with zero attached hydrogens (tertiary/aromatic N) is 2. The van der Waals surface area contributed by atoms with Crippen molar-refractivity contribution in [3.05, 3.63) is 48.7 Å².